The normalized spacial score (nSPS) is 20.1. The second kappa shape index (κ2) is 10.9. The predicted molar refractivity (Wildman–Crippen MR) is 157 cm³/mol. The number of hydrogen-bond acceptors (Lipinski definition) is 10. The zero-order valence-corrected chi connectivity index (χ0v) is 26.3. The van der Waals surface area contributed by atoms with Gasteiger partial charge in [0.1, 0.15) is 28.2 Å². The zero-order valence-electron chi connectivity index (χ0n) is 24.7. The number of rotatable bonds is 6. The van der Waals surface area contributed by atoms with Gasteiger partial charge in [0.25, 0.3) is 6.43 Å². The van der Waals surface area contributed by atoms with E-state index in [0.29, 0.717) is 41.8 Å². The molecule has 17 heteroatoms. The Morgan fingerprint density at radius 2 is 1.98 bits per heavy atom. The van der Waals surface area contributed by atoms with Crippen molar-refractivity contribution < 1.29 is 31.1 Å². The Labute approximate surface area is 260 Å². The Bertz CT molecular complexity index is 1980. The lowest BCUT2D eigenvalue weighted by Crippen LogP contribution is -2.46. The molecule has 2 unspecified atom stereocenters. The third-order valence-corrected chi connectivity index (χ3v) is 10.4. The van der Waals surface area contributed by atoms with Gasteiger partial charge in [-0.2, -0.15) is 9.98 Å². The highest BCUT2D eigenvalue weighted by Gasteiger charge is 2.47. The fourth-order valence-corrected chi connectivity index (χ4v) is 7.83. The zero-order chi connectivity index (χ0) is 32.5. The molecule has 4 heterocycles. The average Bonchev–Trinajstić information content (AvgIpc) is 3.40. The predicted octanol–water partition coefficient (Wildman–Crippen LogP) is 5.34. The van der Waals surface area contributed by atoms with E-state index in [-0.39, 0.29) is 46.5 Å². The molecule has 1 saturated heterocycles. The van der Waals surface area contributed by atoms with Crippen LogP contribution in [0.4, 0.5) is 18.0 Å². The van der Waals surface area contributed by atoms with Crippen molar-refractivity contribution in [2.45, 2.75) is 87.8 Å². The lowest BCUT2D eigenvalue weighted by molar-refractivity contribution is 0.0103. The van der Waals surface area contributed by atoms with Crippen LogP contribution < -0.4 is 4.72 Å². The number of amides is 1. The lowest BCUT2D eigenvalue weighted by Gasteiger charge is -2.38. The minimum Gasteiger partial charge on any atom is -0.444 e. The largest absolute Gasteiger partial charge is 0.444 e. The number of benzene rings is 1. The highest BCUT2D eigenvalue weighted by Crippen LogP contribution is 2.42. The fourth-order valence-electron chi connectivity index (χ4n) is 5.66. The molecule has 0 spiro atoms. The van der Waals surface area contributed by atoms with Gasteiger partial charge in [0.15, 0.2) is 10.7 Å². The van der Waals surface area contributed by atoms with Crippen molar-refractivity contribution in [2.75, 3.05) is 6.54 Å². The summed E-state index contributed by atoms with van der Waals surface area (Å²) in [5.41, 5.74) is -1.10. The molecular formula is C28H29F3N8O4S2. The summed E-state index contributed by atoms with van der Waals surface area (Å²) in [5, 5.41) is 17.0. The number of hydrogen-bond donors (Lipinski definition) is 1. The molecule has 1 N–H and O–H groups in total. The lowest BCUT2D eigenvalue weighted by atomic mass is 9.87. The number of sulfonamides is 1. The number of carbonyl (C=O) groups is 1. The fraction of sp³-hybridized carbons (Fsp3) is 0.500. The van der Waals surface area contributed by atoms with Gasteiger partial charge in [0, 0.05) is 29.3 Å². The number of nitrogens with zero attached hydrogens (tertiary/aromatic N) is 7. The minimum atomic E-state index is -4.50. The maximum atomic E-state index is 15.7. The number of piperidine rings is 1. The Morgan fingerprint density at radius 1 is 1.24 bits per heavy atom. The molecule has 238 valence electrons. The molecule has 1 saturated carbocycles. The smallest absolute Gasteiger partial charge is 0.410 e. The molecule has 3 aromatic heterocycles. The summed E-state index contributed by atoms with van der Waals surface area (Å²) in [6, 6.07) is 3.82. The number of fused-ring (bicyclic) bond motifs is 3. The molecule has 1 aromatic carbocycles. The van der Waals surface area contributed by atoms with E-state index in [2.05, 4.69) is 24.9 Å². The van der Waals surface area contributed by atoms with Crippen LogP contribution in [0.3, 0.4) is 0 Å². The molecule has 4 aromatic rings. The number of nitrogens with one attached hydrogen (secondary N) is 1. The second-order valence-corrected chi connectivity index (χ2v) is 15.0. The average molecular weight is 663 g/mol. The number of nitriles is 1. The maximum Gasteiger partial charge on any atom is 0.410 e. The van der Waals surface area contributed by atoms with Gasteiger partial charge in [-0.05, 0) is 65.5 Å². The van der Waals surface area contributed by atoms with Crippen LogP contribution >= 0.6 is 11.3 Å². The quantitative estimate of drug-likeness (QED) is 0.288. The van der Waals surface area contributed by atoms with Gasteiger partial charge in [-0.25, -0.2) is 36.4 Å². The standard InChI is InChI=1S/C28H29F3N8O4S2/c1-14-9-15(5-8-38(14)26(40)43-27(2,3)4)21-20-16-10-17(29)19(45(41,42)37-28(12-32)6-7-28)11-18(16)39(23(20)34-13-33-21)25-36-35-24(44-25)22(30)31/h10-11,13-15,22,37H,5-9H2,1-4H3. The summed E-state index contributed by atoms with van der Waals surface area (Å²) in [5.74, 6) is -1.29. The Kier molecular flexibility index (Phi) is 7.52. The van der Waals surface area contributed by atoms with Gasteiger partial charge in [-0.15, -0.1) is 10.2 Å². The first-order chi connectivity index (χ1) is 21.1. The van der Waals surface area contributed by atoms with Crippen LogP contribution in [0.1, 0.15) is 76.4 Å². The molecule has 12 nitrogen and oxygen atoms in total. The van der Waals surface area contributed by atoms with Gasteiger partial charge in [-0.1, -0.05) is 11.3 Å². The molecule has 1 amide bonds. The first-order valence-electron chi connectivity index (χ1n) is 14.2. The van der Waals surface area contributed by atoms with E-state index in [1.165, 1.54) is 10.9 Å². The van der Waals surface area contributed by atoms with Crippen LogP contribution in [0.2, 0.25) is 0 Å². The number of ether oxygens (including phenoxy) is 1. The van der Waals surface area contributed by atoms with Crippen LogP contribution in [-0.2, 0) is 14.8 Å². The van der Waals surface area contributed by atoms with Crippen molar-refractivity contribution in [1.29, 1.82) is 5.26 Å². The molecule has 2 fully saturated rings. The molecule has 0 radical (unpaired) electrons. The Hall–Kier alpha value is -3.88. The summed E-state index contributed by atoms with van der Waals surface area (Å²) in [4.78, 5) is 22.7. The molecule has 1 aliphatic heterocycles. The van der Waals surface area contributed by atoms with E-state index in [0.717, 1.165) is 12.1 Å². The van der Waals surface area contributed by atoms with E-state index in [1.807, 2.05) is 13.0 Å². The maximum absolute atomic E-state index is 15.7. The second-order valence-electron chi connectivity index (χ2n) is 12.4. The van der Waals surface area contributed by atoms with Crippen molar-refractivity contribution in [3.8, 4) is 11.2 Å². The van der Waals surface area contributed by atoms with Crippen LogP contribution in [0, 0.1) is 17.1 Å². The molecule has 45 heavy (non-hydrogen) atoms. The van der Waals surface area contributed by atoms with Gasteiger partial charge in [-0.3, -0.25) is 4.57 Å². The van der Waals surface area contributed by atoms with Crippen LogP contribution in [0.25, 0.3) is 27.1 Å². The minimum absolute atomic E-state index is 0.0262. The van der Waals surface area contributed by atoms with Crippen molar-refractivity contribution in [2.24, 2.45) is 0 Å². The molecule has 2 aliphatic rings. The van der Waals surface area contributed by atoms with Gasteiger partial charge >= 0.3 is 6.09 Å². The first-order valence-corrected chi connectivity index (χ1v) is 16.5. The third kappa shape index (κ3) is 5.70. The molecular weight excluding hydrogens is 633 g/mol. The van der Waals surface area contributed by atoms with Crippen molar-refractivity contribution in [1.82, 2.24) is 34.4 Å². The number of carbonyl (C=O) groups excluding carboxylic acids is 1. The van der Waals surface area contributed by atoms with E-state index < -0.39 is 49.4 Å². The molecule has 0 bridgehead atoms. The SMILES string of the molecule is CC1CC(c2ncnc3c2c2cc(F)c(S(=O)(=O)NC4(C#N)CC4)cc2n3-c2nnc(C(F)F)s2)CCN1C(=O)OC(C)(C)C. The molecule has 2 atom stereocenters. The number of halogens is 3. The number of alkyl halides is 2. The summed E-state index contributed by atoms with van der Waals surface area (Å²) >= 11 is 0.590. The Morgan fingerprint density at radius 3 is 2.58 bits per heavy atom. The highest BCUT2D eigenvalue weighted by molar-refractivity contribution is 7.89. The van der Waals surface area contributed by atoms with E-state index >= 15 is 4.39 Å². The van der Waals surface area contributed by atoms with Crippen LogP contribution in [-0.4, -0.2) is 67.9 Å². The van der Waals surface area contributed by atoms with Crippen LogP contribution in [0.15, 0.2) is 23.4 Å². The van der Waals surface area contributed by atoms with Crippen molar-refractivity contribution in [3.05, 3.63) is 35.0 Å². The summed E-state index contributed by atoms with van der Waals surface area (Å²) < 4.78 is 78.6. The van der Waals surface area contributed by atoms with Crippen molar-refractivity contribution >= 4 is 49.4 Å². The molecule has 6 rings (SSSR count). The van der Waals surface area contributed by atoms with E-state index in [1.54, 1.807) is 25.7 Å². The summed E-state index contributed by atoms with van der Waals surface area (Å²) in [6.07, 6.45) is -0.474. The van der Waals surface area contributed by atoms with Gasteiger partial charge in [0.2, 0.25) is 15.2 Å². The van der Waals surface area contributed by atoms with E-state index in [4.69, 9.17) is 4.74 Å². The topological polar surface area (TPSA) is 156 Å². The Balaban J connectivity index is 1.49. The van der Waals surface area contributed by atoms with Gasteiger partial charge in [0.05, 0.1) is 17.3 Å². The number of aromatic nitrogens is 5. The van der Waals surface area contributed by atoms with Crippen molar-refractivity contribution in [3.63, 3.8) is 0 Å². The monoisotopic (exact) mass is 662 g/mol. The summed E-state index contributed by atoms with van der Waals surface area (Å²) in [6.45, 7) is 7.62. The van der Waals surface area contributed by atoms with Gasteiger partial charge < -0.3 is 9.64 Å². The summed E-state index contributed by atoms with van der Waals surface area (Å²) in [7, 11) is -4.50. The number of likely N-dealkylation sites (tertiary alicyclic amines) is 1. The van der Waals surface area contributed by atoms with E-state index in [9.17, 15) is 27.3 Å². The first kappa shape index (κ1) is 31.1. The van der Waals surface area contributed by atoms with Crippen LogP contribution in [0.5, 0.6) is 0 Å². The third-order valence-electron chi connectivity index (χ3n) is 7.91. The highest BCUT2D eigenvalue weighted by atomic mass is 32.2. The molecule has 1 aliphatic carbocycles.